The molecule has 0 aliphatic heterocycles. The zero-order valence-electron chi connectivity index (χ0n) is 10.6. The van der Waals surface area contributed by atoms with Gasteiger partial charge in [-0.3, -0.25) is 4.79 Å². The Morgan fingerprint density at radius 3 is 2.47 bits per heavy atom. The van der Waals surface area contributed by atoms with Crippen LogP contribution in [0.5, 0.6) is 0 Å². The third-order valence-electron chi connectivity index (χ3n) is 3.75. The van der Waals surface area contributed by atoms with E-state index >= 15 is 0 Å². The first-order chi connectivity index (χ1) is 9.25. The zero-order valence-corrected chi connectivity index (χ0v) is 12.1. The second-order valence-electron chi connectivity index (χ2n) is 5.09. The molecule has 0 aromatic heterocycles. The van der Waals surface area contributed by atoms with E-state index in [2.05, 4.69) is 28.1 Å². The molecule has 2 atom stereocenters. The SMILES string of the molecule is O=C(Cc1ccccc1Br)C1CC1c1ccccc1. The summed E-state index contributed by atoms with van der Waals surface area (Å²) in [6.45, 7) is 0. The third-order valence-corrected chi connectivity index (χ3v) is 4.53. The lowest BCUT2D eigenvalue weighted by Gasteiger charge is -2.03. The number of hydrogen-bond donors (Lipinski definition) is 0. The van der Waals surface area contributed by atoms with Gasteiger partial charge in [-0.25, -0.2) is 0 Å². The van der Waals surface area contributed by atoms with E-state index in [-0.39, 0.29) is 5.92 Å². The molecule has 1 aliphatic carbocycles. The Morgan fingerprint density at radius 2 is 1.74 bits per heavy atom. The maximum atomic E-state index is 12.3. The minimum Gasteiger partial charge on any atom is -0.299 e. The van der Waals surface area contributed by atoms with Crippen molar-refractivity contribution >= 4 is 21.7 Å². The molecule has 1 nitrogen and oxygen atoms in total. The average Bonchev–Trinajstić information content (AvgIpc) is 3.23. The summed E-state index contributed by atoms with van der Waals surface area (Å²) in [7, 11) is 0. The summed E-state index contributed by atoms with van der Waals surface area (Å²) in [6.07, 6.45) is 1.54. The van der Waals surface area contributed by atoms with Crippen LogP contribution in [0, 0.1) is 5.92 Å². The Labute approximate surface area is 121 Å². The predicted octanol–water partition coefficient (Wildman–Crippen LogP) is 4.36. The van der Waals surface area contributed by atoms with E-state index in [9.17, 15) is 4.79 Å². The first-order valence-electron chi connectivity index (χ1n) is 6.57. The molecular weight excluding hydrogens is 300 g/mol. The van der Waals surface area contributed by atoms with Crippen LogP contribution >= 0.6 is 15.9 Å². The molecule has 0 saturated heterocycles. The van der Waals surface area contributed by atoms with Gasteiger partial charge in [-0.15, -0.1) is 0 Å². The minimum absolute atomic E-state index is 0.217. The summed E-state index contributed by atoms with van der Waals surface area (Å²) in [6, 6.07) is 18.3. The van der Waals surface area contributed by atoms with Crippen LogP contribution in [-0.4, -0.2) is 5.78 Å². The molecule has 0 amide bonds. The van der Waals surface area contributed by atoms with Gasteiger partial charge in [-0.2, -0.15) is 0 Å². The van der Waals surface area contributed by atoms with E-state index < -0.39 is 0 Å². The molecule has 2 heteroatoms. The fourth-order valence-electron chi connectivity index (χ4n) is 2.58. The molecule has 1 saturated carbocycles. The summed E-state index contributed by atoms with van der Waals surface area (Å²) in [4.78, 5) is 12.3. The average molecular weight is 315 g/mol. The standard InChI is InChI=1S/C17H15BrO/c18-16-9-5-4-8-13(16)10-17(19)15-11-14(15)12-6-2-1-3-7-12/h1-9,14-15H,10-11H2. The van der Waals surface area contributed by atoms with Crippen molar-refractivity contribution in [2.45, 2.75) is 18.8 Å². The Bertz CT molecular complexity index is 591. The van der Waals surface area contributed by atoms with E-state index in [1.807, 2.05) is 42.5 Å². The van der Waals surface area contributed by atoms with Crippen LogP contribution in [0.2, 0.25) is 0 Å². The fraction of sp³-hybridized carbons (Fsp3) is 0.235. The fourth-order valence-corrected chi connectivity index (χ4v) is 3.00. The maximum Gasteiger partial charge on any atom is 0.141 e. The predicted molar refractivity (Wildman–Crippen MR) is 80.1 cm³/mol. The summed E-state index contributed by atoms with van der Waals surface area (Å²) in [5.74, 6) is 1.02. The van der Waals surface area contributed by atoms with Crippen LogP contribution in [0.3, 0.4) is 0 Å². The molecule has 2 unspecified atom stereocenters. The molecule has 0 radical (unpaired) electrons. The van der Waals surface area contributed by atoms with Crippen molar-refractivity contribution in [1.29, 1.82) is 0 Å². The lowest BCUT2D eigenvalue weighted by atomic mass is 10.0. The molecular formula is C17H15BrO. The first-order valence-corrected chi connectivity index (χ1v) is 7.36. The topological polar surface area (TPSA) is 17.1 Å². The number of benzene rings is 2. The Hall–Kier alpha value is -1.41. The quantitative estimate of drug-likeness (QED) is 0.819. The second kappa shape index (κ2) is 5.30. The van der Waals surface area contributed by atoms with Crippen molar-refractivity contribution in [3.63, 3.8) is 0 Å². The van der Waals surface area contributed by atoms with Gasteiger partial charge < -0.3 is 0 Å². The van der Waals surface area contributed by atoms with Crippen LogP contribution in [0.25, 0.3) is 0 Å². The summed E-state index contributed by atoms with van der Waals surface area (Å²) in [5, 5.41) is 0. The minimum atomic E-state index is 0.217. The monoisotopic (exact) mass is 314 g/mol. The molecule has 2 aromatic rings. The Kier molecular flexibility index (Phi) is 3.52. The molecule has 0 N–H and O–H groups in total. The van der Waals surface area contributed by atoms with Gasteiger partial charge in [0.25, 0.3) is 0 Å². The summed E-state index contributed by atoms with van der Waals surface area (Å²) < 4.78 is 1.03. The van der Waals surface area contributed by atoms with Crippen molar-refractivity contribution in [2.24, 2.45) is 5.92 Å². The lowest BCUT2D eigenvalue weighted by Crippen LogP contribution is -2.06. The van der Waals surface area contributed by atoms with Gasteiger partial charge in [-0.05, 0) is 29.5 Å². The van der Waals surface area contributed by atoms with Crippen molar-refractivity contribution in [3.05, 3.63) is 70.2 Å². The van der Waals surface area contributed by atoms with Crippen LogP contribution in [-0.2, 0) is 11.2 Å². The third kappa shape index (κ3) is 2.79. The van der Waals surface area contributed by atoms with Crippen molar-refractivity contribution in [2.75, 3.05) is 0 Å². The van der Waals surface area contributed by atoms with Crippen LogP contribution in [0.15, 0.2) is 59.1 Å². The number of carbonyl (C=O) groups excluding carboxylic acids is 1. The van der Waals surface area contributed by atoms with Gasteiger partial charge in [-0.1, -0.05) is 64.5 Å². The number of Topliss-reactive ketones (excluding diaryl/α,β-unsaturated/α-hetero) is 1. The van der Waals surface area contributed by atoms with Crippen molar-refractivity contribution in [3.8, 4) is 0 Å². The van der Waals surface area contributed by atoms with Gasteiger partial charge in [0.15, 0.2) is 0 Å². The van der Waals surface area contributed by atoms with E-state index in [0.29, 0.717) is 18.1 Å². The summed E-state index contributed by atoms with van der Waals surface area (Å²) in [5.41, 5.74) is 2.39. The van der Waals surface area contributed by atoms with E-state index in [1.54, 1.807) is 0 Å². The molecule has 1 fully saturated rings. The highest BCUT2D eigenvalue weighted by molar-refractivity contribution is 9.10. The zero-order chi connectivity index (χ0) is 13.2. The lowest BCUT2D eigenvalue weighted by molar-refractivity contribution is -0.119. The molecule has 19 heavy (non-hydrogen) atoms. The van der Waals surface area contributed by atoms with Gasteiger partial charge in [0, 0.05) is 16.8 Å². The number of halogens is 1. The smallest absolute Gasteiger partial charge is 0.141 e. The first kappa shape index (κ1) is 12.6. The largest absolute Gasteiger partial charge is 0.299 e. The number of rotatable bonds is 4. The highest BCUT2D eigenvalue weighted by Crippen LogP contribution is 2.48. The molecule has 0 bridgehead atoms. The molecule has 1 aliphatic rings. The molecule has 96 valence electrons. The Morgan fingerprint density at radius 1 is 1.05 bits per heavy atom. The summed E-state index contributed by atoms with van der Waals surface area (Å²) >= 11 is 3.50. The van der Waals surface area contributed by atoms with Crippen molar-refractivity contribution in [1.82, 2.24) is 0 Å². The van der Waals surface area contributed by atoms with E-state index in [1.165, 1.54) is 5.56 Å². The number of carbonyl (C=O) groups is 1. The molecule has 0 heterocycles. The van der Waals surface area contributed by atoms with Gasteiger partial charge >= 0.3 is 0 Å². The van der Waals surface area contributed by atoms with E-state index in [0.717, 1.165) is 16.5 Å². The molecule has 2 aromatic carbocycles. The normalized spacial score (nSPS) is 21.1. The highest BCUT2D eigenvalue weighted by Gasteiger charge is 2.43. The number of hydrogen-bond acceptors (Lipinski definition) is 1. The highest BCUT2D eigenvalue weighted by atomic mass is 79.9. The van der Waals surface area contributed by atoms with E-state index in [4.69, 9.17) is 0 Å². The molecule has 3 rings (SSSR count). The van der Waals surface area contributed by atoms with Crippen LogP contribution in [0.4, 0.5) is 0 Å². The van der Waals surface area contributed by atoms with Crippen LogP contribution < -0.4 is 0 Å². The van der Waals surface area contributed by atoms with Gasteiger partial charge in [0.1, 0.15) is 5.78 Å². The van der Waals surface area contributed by atoms with Crippen LogP contribution in [0.1, 0.15) is 23.5 Å². The number of ketones is 1. The molecule has 0 spiro atoms. The van der Waals surface area contributed by atoms with Crippen molar-refractivity contribution < 1.29 is 4.79 Å². The van der Waals surface area contributed by atoms with Gasteiger partial charge in [0.05, 0.1) is 0 Å². The second-order valence-corrected chi connectivity index (χ2v) is 5.95. The maximum absolute atomic E-state index is 12.3. The van der Waals surface area contributed by atoms with Gasteiger partial charge in [0.2, 0.25) is 0 Å². The Balaban J connectivity index is 1.66.